The summed E-state index contributed by atoms with van der Waals surface area (Å²) in [5, 5.41) is 0. The van der Waals surface area contributed by atoms with E-state index in [2.05, 4.69) is 0 Å². The van der Waals surface area contributed by atoms with Crippen LogP contribution < -0.4 is 0 Å². The van der Waals surface area contributed by atoms with Crippen molar-refractivity contribution in [1.82, 2.24) is 0 Å². The summed E-state index contributed by atoms with van der Waals surface area (Å²) in [6, 6.07) is 19.9. The van der Waals surface area contributed by atoms with Crippen molar-refractivity contribution in [2.24, 2.45) is 0 Å². The Labute approximate surface area is 147 Å². The molecule has 5 heteroatoms. The van der Waals surface area contributed by atoms with Crippen molar-refractivity contribution in [3.63, 3.8) is 0 Å². The number of benzene rings is 2. The van der Waals surface area contributed by atoms with E-state index in [1.54, 1.807) is 0 Å². The van der Waals surface area contributed by atoms with Gasteiger partial charge in [0.05, 0.1) is 26.4 Å². The van der Waals surface area contributed by atoms with Gasteiger partial charge in [-0.2, -0.15) is 0 Å². The molecule has 0 N–H and O–H groups in total. The molecule has 2 aromatic carbocycles. The van der Waals surface area contributed by atoms with Crippen LogP contribution in [0, 0.1) is 0 Å². The van der Waals surface area contributed by atoms with Crippen LogP contribution in [0.3, 0.4) is 0 Å². The Morgan fingerprint density at radius 3 is 1.28 bits per heavy atom. The van der Waals surface area contributed by atoms with Gasteiger partial charge in [-0.15, -0.1) is 0 Å². The Hall–Kier alpha value is -1.76. The van der Waals surface area contributed by atoms with Crippen LogP contribution in [0.25, 0.3) is 0 Å². The van der Waals surface area contributed by atoms with Crippen LogP contribution in [-0.2, 0) is 23.7 Å². The lowest BCUT2D eigenvalue weighted by molar-refractivity contribution is -0.274. The van der Waals surface area contributed by atoms with E-state index in [0.29, 0.717) is 26.4 Å². The number of rotatable bonds is 4. The zero-order valence-electron chi connectivity index (χ0n) is 14.0. The summed E-state index contributed by atoms with van der Waals surface area (Å²) in [6.07, 6.45) is -0.847. The second kappa shape index (κ2) is 8.08. The summed E-state index contributed by atoms with van der Waals surface area (Å²) in [5.74, 6) is 0. The summed E-state index contributed by atoms with van der Waals surface area (Å²) in [7, 11) is 0. The molecule has 0 unspecified atom stereocenters. The molecule has 0 spiro atoms. The molecule has 0 radical (unpaired) electrons. The van der Waals surface area contributed by atoms with Gasteiger partial charge in [0.15, 0.2) is 12.6 Å². The van der Waals surface area contributed by atoms with Crippen LogP contribution in [0.5, 0.6) is 0 Å². The van der Waals surface area contributed by atoms with E-state index < -0.39 is 0 Å². The first-order chi connectivity index (χ1) is 12.4. The first-order valence-corrected chi connectivity index (χ1v) is 8.60. The van der Waals surface area contributed by atoms with Crippen molar-refractivity contribution in [1.29, 1.82) is 0 Å². The summed E-state index contributed by atoms with van der Waals surface area (Å²) < 4.78 is 29.1. The third-order valence-corrected chi connectivity index (χ3v) is 4.26. The zero-order valence-corrected chi connectivity index (χ0v) is 14.0. The van der Waals surface area contributed by atoms with Gasteiger partial charge in [0.1, 0.15) is 12.2 Å². The predicted molar refractivity (Wildman–Crippen MR) is 90.8 cm³/mol. The zero-order chi connectivity index (χ0) is 16.9. The van der Waals surface area contributed by atoms with Crippen molar-refractivity contribution < 1.29 is 23.7 Å². The van der Waals surface area contributed by atoms with Gasteiger partial charge in [-0.25, -0.2) is 0 Å². The largest absolute Gasteiger partial charge is 0.365 e. The third-order valence-electron chi connectivity index (χ3n) is 4.26. The quantitative estimate of drug-likeness (QED) is 0.854. The lowest BCUT2D eigenvalue weighted by atomic mass is 10.2. The number of ether oxygens (including phenoxy) is 5. The smallest absolute Gasteiger partial charge is 0.184 e. The fraction of sp³-hybridized carbons (Fsp3) is 0.400. The van der Waals surface area contributed by atoms with Crippen LogP contribution in [0.2, 0.25) is 0 Å². The van der Waals surface area contributed by atoms with Crippen LogP contribution in [-0.4, -0.2) is 38.6 Å². The number of hydrogen-bond donors (Lipinski definition) is 0. The molecule has 2 heterocycles. The molecule has 25 heavy (non-hydrogen) atoms. The highest BCUT2D eigenvalue weighted by molar-refractivity contribution is 5.17. The molecule has 2 aliphatic rings. The van der Waals surface area contributed by atoms with Gasteiger partial charge in [0.2, 0.25) is 0 Å². The Balaban J connectivity index is 1.22. The van der Waals surface area contributed by atoms with Gasteiger partial charge in [0, 0.05) is 11.1 Å². The SMILES string of the molecule is c1ccc(C2OCC(OC3COC(c4ccccc4)OC3)CO2)cc1. The van der Waals surface area contributed by atoms with Gasteiger partial charge in [-0.3, -0.25) is 0 Å². The highest BCUT2D eigenvalue weighted by Gasteiger charge is 2.29. The molecular weight excluding hydrogens is 320 g/mol. The van der Waals surface area contributed by atoms with E-state index in [0.717, 1.165) is 11.1 Å². The molecule has 0 saturated carbocycles. The van der Waals surface area contributed by atoms with Gasteiger partial charge in [-0.05, 0) is 0 Å². The van der Waals surface area contributed by atoms with Gasteiger partial charge >= 0.3 is 0 Å². The summed E-state index contributed by atoms with van der Waals surface area (Å²) in [6.45, 7) is 1.99. The maximum Gasteiger partial charge on any atom is 0.184 e. The number of hydrogen-bond acceptors (Lipinski definition) is 5. The molecular formula is C20H22O5. The average Bonchev–Trinajstić information content (AvgIpc) is 2.71. The van der Waals surface area contributed by atoms with Gasteiger partial charge in [0.25, 0.3) is 0 Å². The molecule has 0 aliphatic carbocycles. The van der Waals surface area contributed by atoms with Crippen molar-refractivity contribution in [3.8, 4) is 0 Å². The summed E-state index contributed by atoms with van der Waals surface area (Å²) in [5.41, 5.74) is 2.05. The van der Waals surface area contributed by atoms with E-state index in [9.17, 15) is 0 Å². The highest BCUT2D eigenvalue weighted by Crippen LogP contribution is 2.26. The molecule has 2 fully saturated rings. The maximum absolute atomic E-state index is 6.00. The van der Waals surface area contributed by atoms with Crippen LogP contribution >= 0.6 is 0 Å². The van der Waals surface area contributed by atoms with Crippen LogP contribution in [0.15, 0.2) is 60.7 Å². The third kappa shape index (κ3) is 4.26. The Morgan fingerprint density at radius 1 is 0.560 bits per heavy atom. The fourth-order valence-electron chi connectivity index (χ4n) is 3.01. The fourth-order valence-corrected chi connectivity index (χ4v) is 3.01. The molecule has 2 aliphatic heterocycles. The first-order valence-electron chi connectivity index (χ1n) is 8.60. The monoisotopic (exact) mass is 342 g/mol. The van der Waals surface area contributed by atoms with E-state index >= 15 is 0 Å². The predicted octanol–water partition coefficient (Wildman–Crippen LogP) is 3.23. The maximum atomic E-state index is 6.00. The van der Waals surface area contributed by atoms with Crippen molar-refractivity contribution in [2.75, 3.05) is 26.4 Å². The lowest BCUT2D eigenvalue weighted by Gasteiger charge is -2.35. The van der Waals surface area contributed by atoms with E-state index in [1.807, 2.05) is 60.7 Å². The van der Waals surface area contributed by atoms with Crippen molar-refractivity contribution in [3.05, 3.63) is 71.8 Å². The minimum Gasteiger partial charge on any atom is -0.365 e. The van der Waals surface area contributed by atoms with Crippen molar-refractivity contribution in [2.45, 2.75) is 24.8 Å². The molecule has 4 rings (SSSR count). The van der Waals surface area contributed by atoms with E-state index in [-0.39, 0.29) is 24.8 Å². The summed E-state index contributed by atoms with van der Waals surface area (Å²) >= 11 is 0. The molecule has 0 amide bonds. The minimum absolute atomic E-state index is 0.106. The van der Waals surface area contributed by atoms with Gasteiger partial charge < -0.3 is 23.7 Å². The molecule has 0 aromatic heterocycles. The first kappa shape index (κ1) is 16.7. The normalized spacial score (nSPS) is 30.1. The molecule has 132 valence electrons. The van der Waals surface area contributed by atoms with Crippen molar-refractivity contribution >= 4 is 0 Å². The van der Waals surface area contributed by atoms with E-state index in [1.165, 1.54) is 0 Å². The Morgan fingerprint density at radius 2 is 0.920 bits per heavy atom. The topological polar surface area (TPSA) is 46.2 Å². The second-order valence-corrected chi connectivity index (χ2v) is 6.20. The minimum atomic E-state index is -0.317. The lowest BCUT2D eigenvalue weighted by Crippen LogP contribution is -2.41. The molecule has 2 aromatic rings. The molecule has 5 nitrogen and oxygen atoms in total. The van der Waals surface area contributed by atoms with Gasteiger partial charge in [-0.1, -0.05) is 60.7 Å². The molecule has 0 atom stereocenters. The van der Waals surface area contributed by atoms with Crippen LogP contribution in [0.1, 0.15) is 23.7 Å². The Bertz CT molecular complexity index is 574. The average molecular weight is 342 g/mol. The second-order valence-electron chi connectivity index (χ2n) is 6.20. The summed E-state index contributed by atoms with van der Waals surface area (Å²) in [4.78, 5) is 0. The Kier molecular flexibility index (Phi) is 5.40. The van der Waals surface area contributed by atoms with Crippen LogP contribution in [0.4, 0.5) is 0 Å². The highest BCUT2D eigenvalue weighted by atomic mass is 16.7. The molecule has 2 saturated heterocycles. The van der Waals surface area contributed by atoms with E-state index in [4.69, 9.17) is 23.7 Å². The standard InChI is InChI=1S/C20H22O5/c1-3-7-15(8-4-1)19-21-11-17(12-22-19)25-18-13-23-20(24-14-18)16-9-5-2-6-10-16/h1-10,17-20H,11-14H2. The molecule has 0 bridgehead atoms.